The molecule has 0 bridgehead atoms. The zero-order valence-electron chi connectivity index (χ0n) is 22.8. The van der Waals surface area contributed by atoms with E-state index in [4.69, 9.17) is 4.74 Å². The molecule has 1 aliphatic carbocycles. The molecule has 12 heteroatoms. The SMILES string of the molecule is C=CC(=O)N1CCN(C2CC(c3cc(N4CCC(c5c(C)cnn5C5COC5)CC4)nc(C(F)(F)F)n3)C2)CC1. The van der Waals surface area contributed by atoms with Crippen LogP contribution in [-0.2, 0) is 15.7 Å². The molecule has 216 valence electrons. The van der Waals surface area contributed by atoms with Crippen LogP contribution < -0.4 is 4.90 Å². The van der Waals surface area contributed by atoms with Gasteiger partial charge >= 0.3 is 6.18 Å². The second-order valence-electron chi connectivity index (χ2n) is 11.5. The summed E-state index contributed by atoms with van der Waals surface area (Å²) in [5, 5.41) is 4.58. The van der Waals surface area contributed by atoms with Gasteiger partial charge in [0.15, 0.2) is 0 Å². The molecular weight excluding hydrogens is 523 g/mol. The molecule has 0 spiro atoms. The molecule has 0 aromatic carbocycles. The van der Waals surface area contributed by atoms with Crippen LogP contribution in [0.25, 0.3) is 0 Å². The fourth-order valence-corrected chi connectivity index (χ4v) is 6.52. The Morgan fingerprint density at radius 2 is 1.73 bits per heavy atom. The normalized spacial score (nSPS) is 25.0. The van der Waals surface area contributed by atoms with Gasteiger partial charge in [-0.2, -0.15) is 18.3 Å². The number of halogens is 3. The second kappa shape index (κ2) is 10.8. The van der Waals surface area contributed by atoms with Gasteiger partial charge < -0.3 is 14.5 Å². The van der Waals surface area contributed by atoms with Crippen molar-refractivity contribution in [3.05, 3.63) is 47.7 Å². The predicted molar refractivity (Wildman–Crippen MR) is 142 cm³/mol. The molecule has 1 saturated carbocycles. The van der Waals surface area contributed by atoms with Gasteiger partial charge in [0.25, 0.3) is 0 Å². The fraction of sp³-hybridized carbons (Fsp3) is 0.643. The van der Waals surface area contributed by atoms with Gasteiger partial charge in [0.2, 0.25) is 11.7 Å². The predicted octanol–water partition coefficient (Wildman–Crippen LogP) is 3.53. The lowest BCUT2D eigenvalue weighted by Gasteiger charge is -2.46. The van der Waals surface area contributed by atoms with E-state index in [9.17, 15) is 18.0 Å². The van der Waals surface area contributed by atoms with Gasteiger partial charge in [-0.3, -0.25) is 14.4 Å². The van der Waals surface area contributed by atoms with E-state index in [-0.39, 0.29) is 17.9 Å². The van der Waals surface area contributed by atoms with E-state index in [2.05, 4.69) is 38.2 Å². The summed E-state index contributed by atoms with van der Waals surface area (Å²) in [6, 6.07) is 2.34. The highest BCUT2D eigenvalue weighted by atomic mass is 19.4. The van der Waals surface area contributed by atoms with E-state index < -0.39 is 12.0 Å². The molecule has 3 aliphatic heterocycles. The monoisotopic (exact) mass is 559 g/mol. The highest BCUT2D eigenvalue weighted by Crippen LogP contribution is 2.42. The number of aromatic nitrogens is 4. The van der Waals surface area contributed by atoms with E-state index in [1.807, 2.05) is 11.1 Å². The first kappa shape index (κ1) is 27.2. The van der Waals surface area contributed by atoms with Gasteiger partial charge in [-0.1, -0.05) is 6.58 Å². The number of nitrogens with zero attached hydrogens (tertiary/aromatic N) is 7. The molecule has 0 N–H and O–H groups in total. The van der Waals surface area contributed by atoms with E-state index >= 15 is 0 Å². The average Bonchev–Trinajstić information content (AvgIpc) is 3.26. The first-order chi connectivity index (χ1) is 19.2. The maximum Gasteiger partial charge on any atom is 0.451 e. The number of piperidine rings is 1. The lowest BCUT2D eigenvalue weighted by Crippen LogP contribution is -2.54. The Hall–Kier alpha value is -2.99. The summed E-state index contributed by atoms with van der Waals surface area (Å²) in [4.78, 5) is 25.9. The van der Waals surface area contributed by atoms with Gasteiger partial charge in [0, 0.05) is 74.6 Å². The van der Waals surface area contributed by atoms with Crippen LogP contribution in [-0.4, -0.2) is 94.0 Å². The number of carbonyl (C=O) groups is 1. The summed E-state index contributed by atoms with van der Waals surface area (Å²) in [5.41, 5.74) is 2.86. The Bertz CT molecular complexity index is 1240. The van der Waals surface area contributed by atoms with Gasteiger partial charge in [0.05, 0.1) is 25.5 Å². The number of amides is 1. The number of anilines is 1. The lowest BCUT2D eigenvalue weighted by atomic mass is 9.77. The number of alkyl halides is 3. The quantitative estimate of drug-likeness (QED) is 0.501. The maximum atomic E-state index is 13.8. The summed E-state index contributed by atoms with van der Waals surface area (Å²) < 4.78 is 49.0. The third kappa shape index (κ3) is 5.23. The molecule has 4 aliphatic rings. The number of ether oxygens (including phenoxy) is 1. The van der Waals surface area contributed by atoms with Crippen LogP contribution in [0.2, 0.25) is 0 Å². The van der Waals surface area contributed by atoms with Crippen LogP contribution in [0.1, 0.15) is 66.3 Å². The van der Waals surface area contributed by atoms with Crippen LogP contribution in [0.15, 0.2) is 24.9 Å². The highest BCUT2D eigenvalue weighted by Gasteiger charge is 2.41. The number of hydrogen-bond donors (Lipinski definition) is 0. The minimum atomic E-state index is -4.60. The molecule has 6 rings (SSSR count). The van der Waals surface area contributed by atoms with Crippen molar-refractivity contribution in [2.45, 2.75) is 62.7 Å². The fourth-order valence-electron chi connectivity index (χ4n) is 6.52. The molecule has 0 atom stereocenters. The van der Waals surface area contributed by atoms with Gasteiger partial charge in [-0.15, -0.1) is 0 Å². The molecule has 5 heterocycles. The third-order valence-corrected chi connectivity index (χ3v) is 9.03. The highest BCUT2D eigenvalue weighted by molar-refractivity contribution is 5.87. The second-order valence-corrected chi connectivity index (χ2v) is 11.5. The molecular formula is C28H36F3N7O2. The van der Waals surface area contributed by atoms with Crippen molar-refractivity contribution in [2.24, 2.45) is 0 Å². The summed E-state index contributed by atoms with van der Waals surface area (Å²) in [6.45, 7) is 11.0. The number of rotatable bonds is 6. The summed E-state index contributed by atoms with van der Waals surface area (Å²) in [6.07, 6.45) is 1.81. The zero-order chi connectivity index (χ0) is 28.0. The minimum absolute atomic E-state index is 0.0278. The van der Waals surface area contributed by atoms with E-state index in [0.717, 1.165) is 44.3 Å². The minimum Gasteiger partial charge on any atom is -0.377 e. The van der Waals surface area contributed by atoms with Crippen molar-refractivity contribution < 1.29 is 22.7 Å². The van der Waals surface area contributed by atoms with E-state index in [1.165, 1.54) is 11.8 Å². The Balaban J connectivity index is 1.12. The standard InChI is InChI=1S/C28H36F3N7O2/c1-3-25(39)37-10-8-35(9-11-37)21-12-20(13-21)23-14-24(34-27(33-23)28(29,30)31)36-6-4-19(5-7-36)26-18(2)15-32-38(26)22-16-40-17-22/h3,14-15,19-22H,1,4-13,16-17H2,2H3. The number of carbonyl (C=O) groups excluding carboxylic acids is 1. The first-order valence-corrected chi connectivity index (χ1v) is 14.2. The number of aryl methyl sites for hydroxylation is 1. The molecule has 2 aromatic rings. The Labute approximate surface area is 232 Å². The summed E-state index contributed by atoms with van der Waals surface area (Å²) in [7, 11) is 0. The van der Waals surface area contributed by atoms with Gasteiger partial charge in [0.1, 0.15) is 5.82 Å². The molecule has 9 nitrogen and oxygen atoms in total. The molecule has 4 fully saturated rings. The molecule has 40 heavy (non-hydrogen) atoms. The number of piperazine rings is 1. The molecule has 1 amide bonds. The first-order valence-electron chi connectivity index (χ1n) is 14.2. The molecule has 2 aromatic heterocycles. The van der Waals surface area contributed by atoms with Crippen molar-refractivity contribution in [3.63, 3.8) is 0 Å². The number of hydrogen-bond acceptors (Lipinski definition) is 7. The van der Waals surface area contributed by atoms with Crippen LogP contribution in [0.3, 0.4) is 0 Å². The average molecular weight is 560 g/mol. The maximum absolute atomic E-state index is 13.8. The van der Waals surface area contributed by atoms with Crippen molar-refractivity contribution in [1.82, 2.24) is 29.5 Å². The van der Waals surface area contributed by atoms with Crippen molar-refractivity contribution in [1.29, 1.82) is 0 Å². The molecule has 0 radical (unpaired) electrons. The lowest BCUT2D eigenvalue weighted by molar-refractivity contribution is -0.145. The van der Waals surface area contributed by atoms with Crippen LogP contribution >= 0.6 is 0 Å². The summed E-state index contributed by atoms with van der Waals surface area (Å²) in [5.74, 6) is -0.469. The smallest absolute Gasteiger partial charge is 0.377 e. The Morgan fingerprint density at radius 1 is 1.02 bits per heavy atom. The Morgan fingerprint density at radius 3 is 2.33 bits per heavy atom. The largest absolute Gasteiger partial charge is 0.451 e. The van der Waals surface area contributed by atoms with E-state index in [1.54, 1.807) is 11.0 Å². The van der Waals surface area contributed by atoms with Crippen molar-refractivity contribution in [2.75, 3.05) is 57.4 Å². The van der Waals surface area contributed by atoms with Crippen LogP contribution in [0.5, 0.6) is 0 Å². The van der Waals surface area contributed by atoms with Crippen LogP contribution in [0.4, 0.5) is 19.0 Å². The van der Waals surface area contributed by atoms with Crippen molar-refractivity contribution in [3.8, 4) is 0 Å². The van der Waals surface area contributed by atoms with Crippen LogP contribution in [0, 0.1) is 6.92 Å². The molecule has 0 unspecified atom stereocenters. The Kier molecular flexibility index (Phi) is 7.32. The van der Waals surface area contributed by atoms with Crippen molar-refractivity contribution >= 4 is 11.7 Å². The summed E-state index contributed by atoms with van der Waals surface area (Å²) >= 11 is 0. The van der Waals surface area contributed by atoms with E-state index in [0.29, 0.717) is 62.9 Å². The van der Waals surface area contributed by atoms with Gasteiger partial charge in [-0.05, 0) is 44.2 Å². The van der Waals surface area contributed by atoms with Gasteiger partial charge in [-0.25, -0.2) is 9.97 Å². The molecule has 3 saturated heterocycles. The third-order valence-electron chi connectivity index (χ3n) is 9.03. The topological polar surface area (TPSA) is 79.6 Å². The zero-order valence-corrected chi connectivity index (χ0v) is 22.8.